The molecule has 3 rings (SSSR count). The molecule has 1 aromatic carbocycles. The molecule has 0 bridgehead atoms. The lowest BCUT2D eigenvalue weighted by Crippen LogP contribution is -2.30. The molecule has 0 radical (unpaired) electrons. The van der Waals surface area contributed by atoms with Crippen molar-refractivity contribution >= 4 is 49.7 Å². The normalized spacial score (nSPS) is 11.9. The average Bonchev–Trinajstić information content (AvgIpc) is 3.04. The number of halogens is 3. The fraction of sp³-hybridized carbons (Fsp3) is 0.235. The van der Waals surface area contributed by atoms with Crippen LogP contribution < -0.4 is 5.32 Å². The molecule has 1 amide bonds. The Labute approximate surface area is 159 Å². The fourth-order valence-corrected chi connectivity index (χ4v) is 3.92. The van der Waals surface area contributed by atoms with Crippen LogP contribution in [0.15, 0.2) is 18.3 Å². The maximum absolute atomic E-state index is 12.7. The molecule has 11 heteroatoms. The van der Waals surface area contributed by atoms with Crippen molar-refractivity contribution in [1.29, 1.82) is 0 Å². The van der Waals surface area contributed by atoms with E-state index in [1.807, 2.05) is 0 Å². The Hall–Kier alpha value is -2.60. The predicted octanol–water partition coefficient (Wildman–Crippen LogP) is 2.11. The number of thiophene rings is 1. The first-order valence-electron chi connectivity index (χ1n) is 7.82. The van der Waals surface area contributed by atoms with Crippen molar-refractivity contribution in [3.8, 4) is 0 Å². The number of carbonyl (C=O) groups excluding carboxylic acids is 2. The van der Waals surface area contributed by atoms with Crippen LogP contribution in [0.3, 0.4) is 0 Å². The molecule has 3 aromatic rings. The molecule has 2 aromatic heterocycles. The number of rotatable bonds is 5. The van der Waals surface area contributed by atoms with Crippen LogP contribution in [0, 0.1) is 0 Å². The Morgan fingerprint density at radius 1 is 1.07 bits per heavy atom. The number of nitrogens with one attached hydrogen (secondary N) is 1. The smallest absolute Gasteiger partial charge is 0.392 e. The van der Waals surface area contributed by atoms with E-state index in [1.165, 1.54) is 18.3 Å². The third-order valence-corrected chi connectivity index (χ3v) is 5.35. The number of pyridine rings is 1. The number of alkyl halides is 3. The van der Waals surface area contributed by atoms with Crippen LogP contribution in [0.2, 0.25) is 0 Å². The molecule has 7 nitrogen and oxygen atoms in total. The van der Waals surface area contributed by atoms with Crippen molar-refractivity contribution in [1.82, 2.24) is 4.98 Å². The zero-order valence-electron chi connectivity index (χ0n) is 14.0. The fourth-order valence-electron chi connectivity index (χ4n) is 2.74. The number of aromatic nitrogens is 1. The van der Waals surface area contributed by atoms with Gasteiger partial charge in [0, 0.05) is 21.7 Å². The highest BCUT2D eigenvalue weighted by Crippen LogP contribution is 2.40. The molecule has 0 spiro atoms. The number of fused-ring (bicyclic) bond motifs is 3. The van der Waals surface area contributed by atoms with Crippen LogP contribution in [-0.2, 0) is 18.0 Å². The Kier molecular flexibility index (Phi) is 5.35. The summed E-state index contributed by atoms with van der Waals surface area (Å²) < 4.78 is 38.4. The number of carbonyl (C=O) groups is 2. The van der Waals surface area contributed by atoms with Gasteiger partial charge in [-0.1, -0.05) is 0 Å². The number of hydrogen-bond donors (Lipinski definition) is 4. The van der Waals surface area contributed by atoms with Crippen LogP contribution in [0.25, 0.3) is 21.0 Å². The van der Waals surface area contributed by atoms with Gasteiger partial charge in [-0.05, 0) is 23.3 Å². The first-order chi connectivity index (χ1) is 13.2. The number of Topliss-reactive ketones (excluding diaryl/α,β-unsaturated/α-hetero) is 1. The largest absolute Gasteiger partial charge is 0.471 e. The molecule has 0 aliphatic carbocycles. The van der Waals surface area contributed by atoms with Crippen molar-refractivity contribution in [3.05, 3.63) is 34.3 Å². The first-order valence-corrected chi connectivity index (χ1v) is 8.63. The van der Waals surface area contributed by atoms with Crippen molar-refractivity contribution < 1.29 is 38.1 Å². The van der Waals surface area contributed by atoms with Crippen LogP contribution in [-0.4, -0.2) is 44.8 Å². The topological polar surface area (TPSA) is 120 Å². The number of aliphatic hydroxyl groups excluding tert-OH is 3. The highest BCUT2D eigenvalue weighted by atomic mass is 32.1. The van der Waals surface area contributed by atoms with E-state index < -0.39 is 31.1 Å². The zero-order chi connectivity index (χ0) is 20.6. The first kappa shape index (κ1) is 20.1. The van der Waals surface area contributed by atoms with E-state index in [0.29, 0.717) is 26.7 Å². The Bertz CT molecular complexity index is 1090. The molecule has 0 saturated heterocycles. The third kappa shape index (κ3) is 3.44. The molecule has 0 saturated carbocycles. The minimum Gasteiger partial charge on any atom is -0.392 e. The van der Waals surface area contributed by atoms with Crippen molar-refractivity contribution in [2.45, 2.75) is 19.4 Å². The summed E-state index contributed by atoms with van der Waals surface area (Å²) >= 11 is 0.796. The van der Waals surface area contributed by atoms with Gasteiger partial charge in [-0.3, -0.25) is 14.6 Å². The maximum Gasteiger partial charge on any atom is 0.471 e. The molecule has 0 unspecified atom stereocenters. The summed E-state index contributed by atoms with van der Waals surface area (Å²) in [6, 6.07) is 3.02. The molecule has 4 N–H and O–H groups in total. The third-order valence-electron chi connectivity index (χ3n) is 4.07. The molecule has 0 aliphatic rings. The monoisotopic (exact) mass is 414 g/mol. The van der Waals surface area contributed by atoms with Gasteiger partial charge in [-0.2, -0.15) is 13.2 Å². The van der Waals surface area contributed by atoms with Gasteiger partial charge in [0.2, 0.25) is 0 Å². The molecule has 148 valence electrons. The summed E-state index contributed by atoms with van der Waals surface area (Å²) in [7, 11) is 0. The van der Waals surface area contributed by atoms with Gasteiger partial charge in [-0.15, -0.1) is 11.3 Å². The summed E-state index contributed by atoms with van der Waals surface area (Å²) in [5.41, 5.74) is 0.809. The Balaban J connectivity index is 2.30. The zero-order valence-corrected chi connectivity index (χ0v) is 14.8. The average molecular weight is 414 g/mol. The van der Waals surface area contributed by atoms with E-state index in [2.05, 4.69) is 4.98 Å². The van der Waals surface area contributed by atoms with E-state index in [9.17, 15) is 33.0 Å². The van der Waals surface area contributed by atoms with E-state index in [-0.39, 0.29) is 22.6 Å². The lowest BCUT2D eigenvalue weighted by Gasteiger charge is -2.10. The van der Waals surface area contributed by atoms with E-state index in [1.54, 1.807) is 5.32 Å². The van der Waals surface area contributed by atoms with E-state index in [0.717, 1.165) is 11.3 Å². The second-order valence-electron chi connectivity index (χ2n) is 5.79. The predicted molar refractivity (Wildman–Crippen MR) is 95.1 cm³/mol. The standard InChI is InChI=1S/C17H13F3N2O5S/c18-17(19,20)16(27)22-13-10-3-21-11-2-8(5-24)7(4-23)1-9(11)14(10)28-15(13)12(26)6-25/h1-3,23-25H,4-6H2,(H,22,27). The van der Waals surface area contributed by atoms with E-state index in [4.69, 9.17) is 5.11 Å². The minimum absolute atomic E-state index is 0.0903. The summed E-state index contributed by atoms with van der Waals surface area (Å²) in [5.74, 6) is -3.12. The quantitative estimate of drug-likeness (QED) is 0.475. The maximum atomic E-state index is 12.7. The summed E-state index contributed by atoms with van der Waals surface area (Å²) in [4.78, 5) is 27.3. The highest BCUT2D eigenvalue weighted by molar-refractivity contribution is 7.22. The highest BCUT2D eigenvalue weighted by Gasteiger charge is 2.40. The summed E-state index contributed by atoms with van der Waals surface area (Å²) in [5, 5.41) is 30.2. The van der Waals surface area contributed by atoms with Crippen molar-refractivity contribution in [2.24, 2.45) is 0 Å². The molecular formula is C17H13F3N2O5S. The summed E-state index contributed by atoms with van der Waals surface area (Å²) in [6.45, 7) is -1.70. The number of anilines is 1. The van der Waals surface area contributed by atoms with Gasteiger partial charge in [0.15, 0.2) is 5.78 Å². The number of hydrogen-bond acceptors (Lipinski definition) is 7. The van der Waals surface area contributed by atoms with Gasteiger partial charge in [-0.25, -0.2) is 0 Å². The number of ketones is 1. The molecule has 0 fully saturated rings. The molecule has 0 aliphatic heterocycles. The number of aliphatic hydroxyl groups is 3. The summed E-state index contributed by atoms with van der Waals surface area (Å²) in [6.07, 6.45) is -3.97. The Morgan fingerprint density at radius 3 is 2.29 bits per heavy atom. The SMILES string of the molecule is O=C(CO)c1sc2c(cnc3cc(CO)c(CO)cc32)c1NC(=O)C(F)(F)F. The molecule has 0 atom stereocenters. The lowest BCUT2D eigenvalue weighted by molar-refractivity contribution is -0.167. The Morgan fingerprint density at radius 2 is 1.71 bits per heavy atom. The molecule has 2 heterocycles. The number of amides is 1. The van der Waals surface area contributed by atoms with Gasteiger partial charge in [0.05, 0.1) is 29.3 Å². The van der Waals surface area contributed by atoms with Gasteiger partial charge < -0.3 is 20.6 Å². The van der Waals surface area contributed by atoms with E-state index >= 15 is 0 Å². The van der Waals surface area contributed by atoms with Crippen LogP contribution >= 0.6 is 11.3 Å². The van der Waals surface area contributed by atoms with Gasteiger partial charge >= 0.3 is 12.1 Å². The van der Waals surface area contributed by atoms with Crippen LogP contribution in [0.1, 0.15) is 20.8 Å². The van der Waals surface area contributed by atoms with Crippen molar-refractivity contribution in [2.75, 3.05) is 11.9 Å². The second kappa shape index (κ2) is 7.43. The minimum atomic E-state index is -5.17. The van der Waals surface area contributed by atoms with Crippen LogP contribution in [0.5, 0.6) is 0 Å². The molecular weight excluding hydrogens is 401 g/mol. The number of benzene rings is 1. The number of nitrogens with zero attached hydrogens (tertiary/aromatic N) is 1. The van der Waals surface area contributed by atoms with Gasteiger partial charge in [0.1, 0.15) is 6.61 Å². The van der Waals surface area contributed by atoms with Crippen LogP contribution in [0.4, 0.5) is 18.9 Å². The van der Waals surface area contributed by atoms with Gasteiger partial charge in [0.25, 0.3) is 0 Å². The molecule has 28 heavy (non-hydrogen) atoms. The second-order valence-corrected chi connectivity index (χ2v) is 6.82. The van der Waals surface area contributed by atoms with Crippen molar-refractivity contribution in [3.63, 3.8) is 0 Å². The lowest BCUT2D eigenvalue weighted by atomic mass is 10.0.